The van der Waals surface area contributed by atoms with Crippen LogP contribution in [0.1, 0.15) is 11.3 Å². The Hall–Kier alpha value is -1.81. The molecule has 0 atom stereocenters. The maximum Gasteiger partial charge on any atom is 0.226 e. The van der Waals surface area contributed by atoms with Crippen LogP contribution in [0.2, 0.25) is 5.02 Å². The fourth-order valence-corrected chi connectivity index (χ4v) is 1.68. The zero-order chi connectivity index (χ0) is 12.1. The van der Waals surface area contributed by atoms with Gasteiger partial charge in [0, 0.05) is 23.5 Å². The van der Waals surface area contributed by atoms with Gasteiger partial charge in [0.05, 0.1) is 6.42 Å². The summed E-state index contributed by atoms with van der Waals surface area (Å²) in [7, 11) is 0. The Bertz CT molecular complexity index is 496. The first kappa shape index (κ1) is 11.7. The highest BCUT2D eigenvalue weighted by atomic mass is 35.5. The second-order valence-corrected chi connectivity index (χ2v) is 4.10. The van der Waals surface area contributed by atoms with Crippen LogP contribution in [0.4, 0.5) is 0 Å². The van der Waals surface area contributed by atoms with E-state index in [-0.39, 0.29) is 5.91 Å². The molecule has 0 aliphatic heterocycles. The van der Waals surface area contributed by atoms with Crippen molar-refractivity contribution in [3.8, 4) is 0 Å². The van der Waals surface area contributed by atoms with E-state index in [4.69, 9.17) is 11.6 Å². The summed E-state index contributed by atoms with van der Waals surface area (Å²) >= 11 is 5.85. The van der Waals surface area contributed by atoms with Crippen molar-refractivity contribution in [2.75, 3.05) is 0 Å². The van der Waals surface area contributed by atoms with E-state index in [2.05, 4.69) is 15.5 Å². The Morgan fingerprint density at radius 2 is 2.29 bits per heavy atom. The molecule has 0 fully saturated rings. The molecule has 0 spiro atoms. The Morgan fingerprint density at radius 1 is 1.41 bits per heavy atom. The molecule has 0 bridgehead atoms. The number of hydrogen-bond acceptors (Lipinski definition) is 2. The Balaban J connectivity index is 1.84. The monoisotopic (exact) mass is 249 g/mol. The molecule has 1 aromatic carbocycles. The van der Waals surface area contributed by atoms with Gasteiger partial charge in [0.1, 0.15) is 0 Å². The summed E-state index contributed by atoms with van der Waals surface area (Å²) < 4.78 is 0. The quantitative estimate of drug-likeness (QED) is 0.870. The van der Waals surface area contributed by atoms with Crippen molar-refractivity contribution >= 4 is 17.5 Å². The minimum absolute atomic E-state index is 0.0470. The van der Waals surface area contributed by atoms with Crippen molar-refractivity contribution in [2.24, 2.45) is 0 Å². The van der Waals surface area contributed by atoms with Gasteiger partial charge in [0.15, 0.2) is 0 Å². The summed E-state index contributed by atoms with van der Waals surface area (Å²) in [5, 5.41) is 10.0. The number of amides is 1. The van der Waals surface area contributed by atoms with Gasteiger partial charge in [-0.15, -0.1) is 0 Å². The molecule has 1 heterocycles. The van der Waals surface area contributed by atoms with Crippen LogP contribution in [0, 0.1) is 0 Å². The molecule has 0 radical (unpaired) electrons. The summed E-state index contributed by atoms with van der Waals surface area (Å²) in [6.45, 7) is 0.480. The van der Waals surface area contributed by atoms with E-state index in [1.54, 1.807) is 18.3 Å². The van der Waals surface area contributed by atoms with Crippen LogP contribution in [-0.4, -0.2) is 16.1 Å². The van der Waals surface area contributed by atoms with Gasteiger partial charge in [-0.3, -0.25) is 9.89 Å². The summed E-state index contributed by atoms with van der Waals surface area (Å²) in [5.41, 5.74) is 1.78. The van der Waals surface area contributed by atoms with E-state index < -0.39 is 0 Å². The normalized spacial score (nSPS) is 10.2. The lowest BCUT2D eigenvalue weighted by Gasteiger charge is -2.04. The molecule has 17 heavy (non-hydrogen) atoms. The smallest absolute Gasteiger partial charge is 0.226 e. The van der Waals surface area contributed by atoms with Crippen molar-refractivity contribution in [1.82, 2.24) is 15.5 Å². The number of aromatic nitrogens is 2. The number of carbonyl (C=O) groups excluding carboxylic acids is 1. The number of halogens is 1. The molecule has 5 heteroatoms. The number of nitrogens with one attached hydrogen (secondary N) is 2. The molecule has 2 aromatic rings. The highest BCUT2D eigenvalue weighted by Gasteiger charge is 2.04. The van der Waals surface area contributed by atoms with Crippen LogP contribution in [0.15, 0.2) is 36.5 Å². The molecule has 0 aliphatic rings. The zero-order valence-corrected chi connectivity index (χ0v) is 9.87. The third-order valence-electron chi connectivity index (χ3n) is 2.29. The van der Waals surface area contributed by atoms with Crippen LogP contribution in [0.5, 0.6) is 0 Å². The zero-order valence-electron chi connectivity index (χ0n) is 9.11. The predicted molar refractivity (Wildman–Crippen MR) is 65.6 cm³/mol. The van der Waals surface area contributed by atoms with Gasteiger partial charge in [0.2, 0.25) is 5.91 Å². The number of hydrogen-bond donors (Lipinski definition) is 2. The first-order valence-electron chi connectivity index (χ1n) is 5.23. The van der Waals surface area contributed by atoms with E-state index in [1.807, 2.05) is 18.2 Å². The fourth-order valence-electron chi connectivity index (χ4n) is 1.47. The first-order chi connectivity index (χ1) is 8.24. The average Bonchev–Trinajstić information content (AvgIpc) is 2.79. The number of nitrogens with zero attached hydrogens (tertiary/aromatic N) is 1. The van der Waals surface area contributed by atoms with Crippen molar-refractivity contribution in [3.05, 3.63) is 52.8 Å². The van der Waals surface area contributed by atoms with Crippen molar-refractivity contribution in [1.29, 1.82) is 0 Å². The van der Waals surface area contributed by atoms with Crippen LogP contribution in [0.3, 0.4) is 0 Å². The maximum atomic E-state index is 11.6. The molecule has 4 nitrogen and oxygen atoms in total. The fraction of sp³-hybridized carbons (Fsp3) is 0.167. The van der Waals surface area contributed by atoms with Crippen molar-refractivity contribution in [3.63, 3.8) is 0 Å². The molecule has 2 N–H and O–H groups in total. The maximum absolute atomic E-state index is 11.6. The van der Waals surface area contributed by atoms with Crippen LogP contribution >= 0.6 is 11.6 Å². The molecule has 0 aliphatic carbocycles. The van der Waals surface area contributed by atoms with Gasteiger partial charge < -0.3 is 5.32 Å². The minimum Gasteiger partial charge on any atom is -0.352 e. The van der Waals surface area contributed by atoms with E-state index in [0.717, 1.165) is 11.3 Å². The third kappa shape index (κ3) is 3.60. The van der Waals surface area contributed by atoms with Crippen LogP contribution < -0.4 is 5.32 Å². The Labute approximate surface area is 104 Å². The molecule has 0 saturated heterocycles. The van der Waals surface area contributed by atoms with Gasteiger partial charge >= 0.3 is 0 Å². The minimum atomic E-state index is -0.0470. The Kier molecular flexibility index (Phi) is 3.77. The van der Waals surface area contributed by atoms with Gasteiger partial charge in [-0.2, -0.15) is 5.10 Å². The second-order valence-electron chi connectivity index (χ2n) is 3.67. The number of benzene rings is 1. The largest absolute Gasteiger partial charge is 0.352 e. The molecule has 1 aromatic heterocycles. The highest BCUT2D eigenvalue weighted by molar-refractivity contribution is 6.30. The first-order valence-corrected chi connectivity index (χ1v) is 5.61. The van der Waals surface area contributed by atoms with E-state index >= 15 is 0 Å². The van der Waals surface area contributed by atoms with Crippen molar-refractivity contribution < 1.29 is 4.79 Å². The molecule has 2 rings (SSSR count). The molecule has 0 saturated carbocycles. The lowest BCUT2D eigenvalue weighted by atomic mass is 10.2. The topological polar surface area (TPSA) is 57.8 Å². The number of rotatable bonds is 4. The second kappa shape index (κ2) is 5.50. The average molecular weight is 250 g/mol. The molecule has 88 valence electrons. The lowest BCUT2D eigenvalue weighted by Crippen LogP contribution is -2.24. The SMILES string of the molecule is O=C(Cc1ccn[nH]1)NCc1cccc(Cl)c1. The summed E-state index contributed by atoms with van der Waals surface area (Å²) in [5.74, 6) is -0.0470. The van der Waals surface area contributed by atoms with E-state index in [9.17, 15) is 4.79 Å². The van der Waals surface area contributed by atoms with Crippen molar-refractivity contribution in [2.45, 2.75) is 13.0 Å². The number of carbonyl (C=O) groups is 1. The molecular formula is C12H12ClN3O. The third-order valence-corrected chi connectivity index (χ3v) is 2.52. The van der Waals surface area contributed by atoms with Crippen LogP contribution in [-0.2, 0) is 17.8 Å². The van der Waals surface area contributed by atoms with Crippen LogP contribution in [0.25, 0.3) is 0 Å². The van der Waals surface area contributed by atoms with E-state index in [0.29, 0.717) is 18.0 Å². The predicted octanol–water partition coefficient (Wildman–Crippen LogP) is 1.92. The highest BCUT2D eigenvalue weighted by Crippen LogP contribution is 2.10. The lowest BCUT2D eigenvalue weighted by molar-refractivity contribution is -0.120. The van der Waals surface area contributed by atoms with E-state index in [1.165, 1.54) is 0 Å². The number of H-pyrrole nitrogens is 1. The molecule has 1 amide bonds. The Morgan fingerprint density at radius 3 is 3.00 bits per heavy atom. The standard InChI is InChI=1S/C12H12ClN3O/c13-10-3-1-2-9(6-10)8-14-12(17)7-11-4-5-15-16-11/h1-6H,7-8H2,(H,14,17)(H,15,16). The molecule has 0 unspecified atom stereocenters. The van der Waals surface area contributed by atoms with Gasteiger partial charge in [0.25, 0.3) is 0 Å². The summed E-state index contributed by atoms with van der Waals surface area (Å²) in [4.78, 5) is 11.6. The number of aromatic amines is 1. The van der Waals surface area contributed by atoms with Gasteiger partial charge in [-0.05, 0) is 23.8 Å². The van der Waals surface area contributed by atoms with Gasteiger partial charge in [-0.1, -0.05) is 23.7 Å². The summed E-state index contributed by atoms with van der Waals surface area (Å²) in [6.07, 6.45) is 1.93. The summed E-state index contributed by atoms with van der Waals surface area (Å²) in [6, 6.07) is 9.19. The van der Waals surface area contributed by atoms with Gasteiger partial charge in [-0.25, -0.2) is 0 Å². The molecular weight excluding hydrogens is 238 g/mol.